The summed E-state index contributed by atoms with van der Waals surface area (Å²) in [6.45, 7) is 4.16. The molecule has 94 valence electrons. The Hall–Kier alpha value is -0.730. The molecule has 0 heterocycles. The lowest BCUT2D eigenvalue weighted by molar-refractivity contribution is 0.0975. The minimum absolute atomic E-state index is 0.0215. The van der Waals surface area contributed by atoms with Gasteiger partial charge in [-0.15, -0.1) is 0 Å². The van der Waals surface area contributed by atoms with E-state index < -0.39 is 0 Å². The average Bonchev–Trinajstić information content (AvgIpc) is 2.28. The normalized spacial score (nSPS) is 10.7. The van der Waals surface area contributed by atoms with Crippen molar-refractivity contribution >= 4 is 29.0 Å². The lowest BCUT2D eigenvalue weighted by Crippen LogP contribution is -2.03. The number of carbonyl (C=O) groups is 1. The van der Waals surface area contributed by atoms with Gasteiger partial charge in [0.15, 0.2) is 5.78 Å². The van der Waals surface area contributed by atoms with Crippen molar-refractivity contribution in [3.63, 3.8) is 0 Å². The zero-order valence-electron chi connectivity index (χ0n) is 10.2. The fourth-order valence-corrected chi connectivity index (χ4v) is 1.95. The fraction of sp³-hybridized carbons (Fsp3) is 0.462. The summed E-state index contributed by atoms with van der Waals surface area (Å²) in [6, 6.07) is 3.15. The van der Waals surface area contributed by atoms with Gasteiger partial charge in [-0.3, -0.25) is 4.79 Å². The van der Waals surface area contributed by atoms with Gasteiger partial charge in [0.1, 0.15) is 5.75 Å². The van der Waals surface area contributed by atoms with Crippen LogP contribution in [0.15, 0.2) is 12.1 Å². The van der Waals surface area contributed by atoms with Crippen LogP contribution in [0.4, 0.5) is 0 Å². The van der Waals surface area contributed by atoms with E-state index in [1.165, 1.54) is 7.11 Å². The van der Waals surface area contributed by atoms with Crippen LogP contribution in [0, 0.1) is 5.92 Å². The molecule has 17 heavy (non-hydrogen) atoms. The van der Waals surface area contributed by atoms with E-state index >= 15 is 0 Å². The predicted octanol–water partition coefficient (Wildman–Crippen LogP) is 4.62. The van der Waals surface area contributed by atoms with Gasteiger partial charge in [-0.1, -0.05) is 37.0 Å². The third-order valence-electron chi connectivity index (χ3n) is 2.49. The molecule has 0 bridgehead atoms. The highest BCUT2D eigenvalue weighted by Gasteiger charge is 2.14. The van der Waals surface area contributed by atoms with Crippen molar-refractivity contribution in [2.45, 2.75) is 26.7 Å². The molecule has 0 fully saturated rings. The Morgan fingerprint density at radius 2 is 1.94 bits per heavy atom. The average molecular weight is 275 g/mol. The molecule has 0 amide bonds. The maximum atomic E-state index is 11.9. The molecule has 1 rings (SSSR count). The van der Waals surface area contributed by atoms with Gasteiger partial charge < -0.3 is 4.74 Å². The molecular formula is C13H16Cl2O2. The first-order valence-corrected chi connectivity index (χ1v) is 6.27. The second-order valence-corrected chi connectivity index (χ2v) is 5.14. The number of carbonyl (C=O) groups excluding carboxylic acids is 1. The van der Waals surface area contributed by atoms with E-state index in [2.05, 4.69) is 13.8 Å². The Morgan fingerprint density at radius 3 is 2.47 bits per heavy atom. The Balaban J connectivity index is 2.91. The molecule has 0 unspecified atom stereocenters. The molecule has 0 aromatic heterocycles. The molecule has 0 saturated carbocycles. The van der Waals surface area contributed by atoms with Crippen molar-refractivity contribution in [1.29, 1.82) is 0 Å². The standard InChI is InChI=1S/C13H16Cl2O2/c1-8(2)4-5-12(16)9-6-11(15)13(17-3)7-10(9)14/h6-8H,4-5H2,1-3H3. The van der Waals surface area contributed by atoms with Crippen LogP contribution in [0.3, 0.4) is 0 Å². The number of hydrogen-bond donors (Lipinski definition) is 0. The maximum absolute atomic E-state index is 11.9. The third kappa shape index (κ3) is 3.90. The summed E-state index contributed by atoms with van der Waals surface area (Å²) in [5.74, 6) is 0.997. The number of methoxy groups -OCH3 is 1. The van der Waals surface area contributed by atoms with Crippen LogP contribution in [0.1, 0.15) is 37.0 Å². The highest BCUT2D eigenvalue weighted by Crippen LogP contribution is 2.31. The van der Waals surface area contributed by atoms with Gasteiger partial charge in [0.2, 0.25) is 0 Å². The van der Waals surface area contributed by atoms with Gasteiger partial charge in [0, 0.05) is 18.1 Å². The summed E-state index contributed by atoms with van der Waals surface area (Å²) in [7, 11) is 1.51. The third-order valence-corrected chi connectivity index (χ3v) is 3.10. The first kappa shape index (κ1) is 14.3. The predicted molar refractivity (Wildman–Crippen MR) is 71.4 cm³/mol. The van der Waals surface area contributed by atoms with Gasteiger partial charge in [-0.25, -0.2) is 0 Å². The molecule has 2 nitrogen and oxygen atoms in total. The molecule has 0 radical (unpaired) electrons. The Bertz CT molecular complexity index is 414. The quantitative estimate of drug-likeness (QED) is 0.733. The van der Waals surface area contributed by atoms with Crippen LogP contribution in [0.2, 0.25) is 10.0 Å². The van der Waals surface area contributed by atoms with Gasteiger partial charge in [-0.2, -0.15) is 0 Å². The lowest BCUT2D eigenvalue weighted by atomic mass is 10.0. The smallest absolute Gasteiger partial charge is 0.164 e. The van der Waals surface area contributed by atoms with E-state index in [0.717, 1.165) is 6.42 Å². The second-order valence-electron chi connectivity index (χ2n) is 4.32. The van der Waals surface area contributed by atoms with Crippen molar-refractivity contribution in [2.24, 2.45) is 5.92 Å². The van der Waals surface area contributed by atoms with Crippen molar-refractivity contribution < 1.29 is 9.53 Å². The number of ether oxygens (including phenoxy) is 1. The summed E-state index contributed by atoms with van der Waals surface area (Å²) >= 11 is 12.0. The van der Waals surface area contributed by atoms with Gasteiger partial charge in [0.05, 0.1) is 17.2 Å². The number of rotatable bonds is 5. The summed E-state index contributed by atoms with van der Waals surface area (Å²) in [5, 5.41) is 0.796. The lowest BCUT2D eigenvalue weighted by Gasteiger charge is -2.09. The van der Waals surface area contributed by atoms with Crippen LogP contribution in [0.5, 0.6) is 5.75 Å². The minimum atomic E-state index is 0.0215. The van der Waals surface area contributed by atoms with E-state index in [1.54, 1.807) is 12.1 Å². The zero-order chi connectivity index (χ0) is 13.0. The maximum Gasteiger partial charge on any atom is 0.164 e. The van der Waals surface area contributed by atoms with E-state index in [4.69, 9.17) is 27.9 Å². The molecule has 0 atom stereocenters. The van der Waals surface area contributed by atoms with Gasteiger partial charge in [0.25, 0.3) is 0 Å². The topological polar surface area (TPSA) is 26.3 Å². The Kier molecular flexibility index (Phi) is 5.29. The molecule has 0 saturated heterocycles. The number of Topliss-reactive ketones (excluding diaryl/α,β-unsaturated/α-hetero) is 1. The van der Waals surface area contributed by atoms with Crippen LogP contribution in [0.25, 0.3) is 0 Å². The summed E-state index contributed by atoms with van der Waals surface area (Å²) in [4.78, 5) is 11.9. The Morgan fingerprint density at radius 1 is 1.29 bits per heavy atom. The fourth-order valence-electron chi connectivity index (χ4n) is 1.45. The minimum Gasteiger partial charge on any atom is -0.495 e. The first-order valence-electron chi connectivity index (χ1n) is 5.52. The van der Waals surface area contributed by atoms with E-state index in [1.807, 2.05) is 0 Å². The summed E-state index contributed by atoms with van der Waals surface area (Å²) in [6.07, 6.45) is 1.33. The van der Waals surface area contributed by atoms with Crippen LogP contribution >= 0.6 is 23.2 Å². The first-order chi connectivity index (χ1) is 7.95. The van der Waals surface area contributed by atoms with Crippen molar-refractivity contribution in [1.82, 2.24) is 0 Å². The highest BCUT2D eigenvalue weighted by atomic mass is 35.5. The molecular weight excluding hydrogens is 259 g/mol. The van der Waals surface area contributed by atoms with Crippen LogP contribution < -0.4 is 4.74 Å². The number of ketones is 1. The van der Waals surface area contributed by atoms with E-state index in [0.29, 0.717) is 33.7 Å². The zero-order valence-corrected chi connectivity index (χ0v) is 11.7. The van der Waals surface area contributed by atoms with Gasteiger partial charge in [-0.05, 0) is 18.4 Å². The van der Waals surface area contributed by atoms with Crippen LogP contribution in [-0.2, 0) is 0 Å². The summed E-state index contributed by atoms with van der Waals surface area (Å²) < 4.78 is 5.03. The number of benzene rings is 1. The van der Waals surface area contributed by atoms with Gasteiger partial charge >= 0.3 is 0 Å². The largest absolute Gasteiger partial charge is 0.495 e. The molecule has 0 spiro atoms. The highest BCUT2D eigenvalue weighted by molar-refractivity contribution is 6.36. The molecule has 0 N–H and O–H groups in total. The van der Waals surface area contributed by atoms with E-state index in [-0.39, 0.29) is 5.78 Å². The van der Waals surface area contributed by atoms with Crippen LogP contribution in [-0.4, -0.2) is 12.9 Å². The molecule has 0 aliphatic rings. The molecule has 0 aliphatic heterocycles. The van der Waals surface area contributed by atoms with Crippen molar-refractivity contribution in [3.8, 4) is 5.75 Å². The SMILES string of the molecule is COc1cc(Cl)c(C(=O)CCC(C)C)cc1Cl. The van der Waals surface area contributed by atoms with Crippen molar-refractivity contribution in [3.05, 3.63) is 27.7 Å². The molecule has 4 heteroatoms. The second kappa shape index (κ2) is 6.27. The molecule has 1 aromatic carbocycles. The monoisotopic (exact) mass is 274 g/mol. The molecule has 0 aliphatic carbocycles. The Labute approximate surface area is 112 Å². The number of halogens is 2. The number of hydrogen-bond acceptors (Lipinski definition) is 2. The summed E-state index contributed by atoms with van der Waals surface area (Å²) in [5.41, 5.74) is 0.470. The van der Waals surface area contributed by atoms with E-state index in [9.17, 15) is 4.79 Å². The molecule has 1 aromatic rings. The van der Waals surface area contributed by atoms with Crippen molar-refractivity contribution in [2.75, 3.05) is 7.11 Å².